The van der Waals surface area contributed by atoms with E-state index in [1.807, 2.05) is 23.3 Å². The molecule has 2 aromatic carbocycles. The van der Waals surface area contributed by atoms with Crippen molar-refractivity contribution in [2.75, 3.05) is 6.54 Å². The van der Waals surface area contributed by atoms with Crippen LogP contribution >= 0.6 is 0 Å². The molecular weight excluding hydrogens is 270 g/mol. The van der Waals surface area contributed by atoms with Crippen LogP contribution in [-0.4, -0.2) is 11.6 Å². The second-order valence-electron chi connectivity index (χ2n) is 6.04. The fourth-order valence-electron chi connectivity index (χ4n) is 3.30. The molecule has 0 atom stereocenters. The first-order valence-electron chi connectivity index (χ1n) is 7.73. The molecule has 0 amide bonds. The Labute approximate surface area is 130 Å². The molecular formula is C20H19NO. The molecule has 0 N–H and O–H groups in total. The van der Waals surface area contributed by atoms with Gasteiger partial charge in [0.05, 0.1) is 13.2 Å². The summed E-state index contributed by atoms with van der Waals surface area (Å²) in [4.78, 5) is 5.98. The molecule has 0 radical (unpaired) electrons. The Morgan fingerprint density at radius 2 is 1.91 bits per heavy atom. The molecule has 4 rings (SSSR count). The molecule has 2 aromatic rings. The molecule has 22 heavy (non-hydrogen) atoms. The van der Waals surface area contributed by atoms with Crippen LogP contribution in [0, 0.1) is 0 Å². The maximum absolute atomic E-state index is 5.98. The van der Waals surface area contributed by atoms with E-state index >= 15 is 0 Å². The van der Waals surface area contributed by atoms with E-state index < -0.39 is 0 Å². The minimum absolute atomic E-state index is 0.600. The largest absolute Gasteiger partial charge is 0.269 e. The monoisotopic (exact) mass is 289 g/mol. The van der Waals surface area contributed by atoms with Gasteiger partial charge in [-0.1, -0.05) is 60.2 Å². The Morgan fingerprint density at radius 3 is 2.77 bits per heavy atom. The van der Waals surface area contributed by atoms with Gasteiger partial charge < -0.3 is 0 Å². The lowest BCUT2D eigenvalue weighted by molar-refractivity contribution is -0.107. The van der Waals surface area contributed by atoms with Crippen molar-refractivity contribution in [1.29, 1.82) is 0 Å². The standard InChI is InChI=1S/C20H19NO/c1-15-10-17-8-5-9-18-12-21(13-19(11-15)20(17)18)22-14-16-6-3-2-4-7-16/h2-9,11-12H,10,13-14H2,1H3. The van der Waals surface area contributed by atoms with Crippen LogP contribution in [0.5, 0.6) is 0 Å². The molecule has 0 saturated heterocycles. The molecule has 0 spiro atoms. The molecule has 2 heteroatoms. The van der Waals surface area contributed by atoms with Crippen LogP contribution in [0.25, 0.3) is 11.8 Å². The average Bonchev–Trinajstić information content (AvgIpc) is 2.53. The smallest absolute Gasteiger partial charge is 0.0999 e. The lowest BCUT2D eigenvalue weighted by Gasteiger charge is -2.26. The number of rotatable bonds is 3. The minimum atomic E-state index is 0.600. The molecule has 1 aliphatic heterocycles. The second-order valence-corrected chi connectivity index (χ2v) is 6.04. The van der Waals surface area contributed by atoms with E-state index in [2.05, 4.69) is 49.5 Å². The second kappa shape index (κ2) is 5.47. The van der Waals surface area contributed by atoms with E-state index in [9.17, 15) is 0 Å². The van der Waals surface area contributed by atoms with Crippen LogP contribution < -0.4 is 10.4 Å². The lowest BCUT2D eigenvalue weighted by Crippen LogP contribution is -2.41. The van der Waals surface area contributed by atoms with Gasteiger partial charge in [0.25, 0.3) is 0 Å². The minimum Gasteiger partial charge on any atom is -0.269 e. The van der Waals surface area contributed by atoms with Gasteiger partial charge in [-0.15, -0.1) is 0 Å². The van der Waals surface area contributed by atoms with Crippen LogP contribution in [0.15, 0.2) is 60.2 Å². The van der Waals surface area contributed by atoms with Crippen molar-refractivity contribution < 1.29 is 4.84 Å². The molecule has 2 aliphatic rings. The summed E-state index contributed by atoms with van der Waals surface area (Å²) >= 11 is 0. The van der Waals surface area contributed by atoms with Crippen molar-refractivity contribution in [3.8, 4) is 0 Å². The zero-order chi connectivity index (χ0) is 14.9. The van der Waals surface area contributed by atoms with Crippen molar-refractivity contribution in [3.63, 3.8) is 0 Å². The van der Waals surface area contributed by atoms with E-state index in [1.54, 1.807) is 0 Å². The Balaban J connectivity index is 1.64. The average molecular weight is 289 g/mol. The van der Waals surface area contributed by atoms with Crippen molar-refractivity contribution in [1.82, 2.24) is 5.06 Å². The summed E-state index contributed by atoms with van der Waals surface area (Å²) in [5, 5.41) is 4.63. The van der Waals surface area contributed by atoms with Crippen molar-refractivity contribution in [3.05, 3.63) is 81.7 Å². The van der Waals surface area contributed by atoms with Gasteiger partial charge in [-0.2, -0.15) is 0 Å². The molecule has 0 aromatic heterocycles. The van der Waals surface area contributed by atoms with E-state index in [1.165, 1.54) is 32.7 Å². The maximum atomic E-state index is 5.98. The Hall–Kier alpha value is -2.32. The van der Waals surface area contributed by atoms with Gasteiger partial charge in [0.2, 0.25) is 0 Å². The molecule has 1 heterocycles. The molecule has 0 bridgehead atoms. The number of hydrogen-bond donors (Lipinski definition) is 0. The molecule has 0 saturated carbocycles. The number of hydrogen-bond acceptors (Lipinski definition) is 2. The van der Waals surface area contributed by atoms with Gasteiger partial charge in [0.15, 0.2) is 0 Å². The first-order valence-corrected chi connectivity index (χ1v) is 7.73. The van der Waals surface area contributed by atoms with E-state index in [0.29, 0.717) is 6.61 Å². The van der Waals surface area contributed by atoms with Gasteiger partial charge >= 0.3 is 0 Å². The maximum Gasteiger partial charge on any atom is 0.0999 e. The normalized spacial score (nSPS) is 16.0. The fourth-order valence-corrected chi connectivity index (χ4v) is 3.30. The van der Waals surface area contributed by atoms with Gasteiger partial charge in [0.1, 0.15) is 0 Å². The summed E-state index contributed by atoms with van der Waals surface area (Å²) in [6, 6.07) is 16.8. The predicted molar refractivity (Wildman–Crippen MR) is 89.0 cm³/mol. The molecule has 2 nitrogen and oxygen atoms in total. The highest BCUT2D eigenvalue weighted by Crippen LogP contribution is 2.17. The van der Waals surface area contributed by atoms with E-state index in [-0.39, 0.29) is 0 Å². The van der Waals surface area contributed by atoms with Crippen LogP contribution in [0.3, 0.4) is 0 Å². The number of benzene rings is 2. The van der Waals surface area contributed by atoms with Crippen molar-refractivity contribution in [2.45, 2.75) is 20.0 Å². The van der Waals surface area contributed by atoms with Gasteiger partial charge in [-0.25, -0.2) is 0 Å². The van der Waals surface area contributed by atoms with E-state index in [4.69, 9.17) is 4.84 Å². The summed E-state index contributed by atoms with van der Waals surface area (Å²) < 4.78 is 0. The summed E-state index contributed by atoms with van der Waals surface area (Å²) in [6.07, 6.45) is 5.50. The highest BCUT2D eigenvalue weighted by atomic mass is 16.7. The zero-order valence-electron chi connectivity index (χ0n) is 12.8. The van der Waals surface area contributed by atoms with Crippen molar-refractivity contribution >= 4 is 11.8 Å². The first kappa shape index (κ1) is 13.4. The van der Waals surface area contributed by atoms with Crippen molar-refractivity contribution in [2.24, 2.45) is 0 Å². The summed E-state index contributed by atoms with van der Waals surface area (Å²) in [5.74, 6) is 0. The van der Waals surface area contributed by atoms with Crippen LogP contribution in [0.4, 0.5) is 0 Å². The number of hydroxylamine groups is 2. The highest BCUT2D eigenvalue weighted by Gasteiger charge is 2.16. The number of allylic oxidation sites excluding steroid dienone is 1. The Kier molecular flexibility index (Phi) is 3.32. The van der Waals surface area contributed by atoms with Crippen LogP contribution in [-0.2, 0) is 17.9 Å². The highest BCUT2D eigenvalue weighted by molar-refractivity contribution is 5.66. The topological polar surface area (TPSA) is 12.5 Å². The fraction of sp³-hybridized carbons (Fsp3) is 0.200. The zero-order valence-corrected chi connectivity index (χ0v) is 12.8. The van der Waals surface area contributed by atoms with Gasteiger partial charge in [-0.05, 0) is 35.3 Å². The molecule has 1 aliphatic carbocycles. The Morgan fingerprint density at radius 1 is 1.05 bits per heavy atom. The third-order valence-corrected chi connectivity index (χ3v) is 4.24. The molecule has 110 valence electrons. The Bertz CT molecular complexity index is 849. The van der Waals surface area contributed by atoms with Gasteiger partial charge in [0, 0.05) is 11.4 Å². The summed E-state index contributed by atoms with van der Waals surface area (Å²) in [5.41, 5.74) is 5.41. The molecule has 0 fully saturated rings. The third kappa shape index (κ3) is 2.46. The summed E-state index contributed by atoms with van der Waals surface area (Å²) in [6.45, 7) is 3.62. The summed E-state index contributed by atoms with van der Waals surface area (Å²) in [7, 11) is 0. The van der Waals surface area contributed by atoms with Gasteiger partial charge in [-0.3, -0.25) is 9.90 Å². The predicted octanol–water partition coefficient (Wildman–Crippen LogP) is 2.53. The van der Waals surface area contributed by atoms with Crippen LogP contribution in [0.2, 0.25) is 0 Å². The SMILES string of the molecule is CC1=CC2=c3c(cccc3=CN(OCc3ccccc3)C2)C1. The van der Waals surface area contributed by atoms with E-state index in [0.717, 1.165) is 13.0 Å². The quantitative estimate of drug-likeness (QED) is 0.861. The van der Waals surface area contributed by atoms with Crippen LogP contribution in [0.1, 0.15) is 18.1 Å². The molecule has 0 unspecified atom stereocenters. The lowest BCUT2D eigenvalue weighted by atomic mass is 9.91. The first-order chi connectivity index (χ1) is 10.8. The number of nitrogens with zero attached hydrogens (tertiary/aromatic N) is 1. The third-order valence-electron chi connectivity index (χ3n) is 4.24.